The highest BCUT2D eigenvalue weighted by atomic mass is 35.5. The summed E-state index contributed by atoms with van der Waals surface area (Å²) in [4.78, 5) is 11.0. The topological polar surface area (TPSA) is 37.3 Å². The summed E-state index contributed by atoms with van der Waals surface area (Å²) >= 11 is 6.29. The smallest absolute Gasteiger partial charge is 0.307 e. The van der Waals surface area contributed by atoms with Crippen LogP contribution in [0.2, 0.25) is 5.02 Å². The van der Waals surface area contributed by atoms with Gasteiger partial charge in [0.25, 0.3) is 0 Å². The summed E-state index contributed by atoms with van der Waals surface area (Å²) in [7, 11) is 0. The van der Waals surface area contributed by atoms with Crippen molar-refractivity contribution in [2.75, 3.05) is 0 Å². The van der Waals surface area contributed by atoms with E-state index in [1.54, 1.807) is 0 Å². The lowest BCUT2D eigenvalue weighted by molar-refractivity contribution is -0.136. The molecule has 3 aromatic carbocycles. The first-order valence-corrected chi connectivity index (χ1v) is 7.02. The summed E-state index contributed by atoms with van der Waals surface area (Å²) < 4.78 is 0. The van der Waals surface area contributed by atoms with Crippen LogP contribution in [-0.4, -0.2) is 11.1 Å². The van der Waals surface area contributed by atoms with Gasteiger partial charge in [-0.3, -0.25) is 4.79 Å². The van der Waals surface area contributed by atoms with Crippen LogP contribution in [0.1, 0.15) is 5.56 Å². The molecule has 3 aromatic rings. The molecule has 21 heavy (non-hydrogen) atoms. The second-order valence-electron chi connectivity index (χ2n) is 4.87. The maximum atomic E-state index is 11.0. The van der Waals surface area contributed by atoms with Crippen LogP contribution in [0.5, 0.6) is 0 Å². The zero-order chi connectivity index (χ0) is 14.8. The molecule has 104 valence electrons. The normalized spacial score (nSPS) is 10.7. The van der Waals surface area contributed by atoms with Gasteiger partial charge >= 0.3 is 5.97 Å². The number of carboxylic acid groups (broad SMARTS) is 1. The molecule has 0 fully saturated rings. The Bertz CT molecular complexity index is 824. The van der Waals surface area contributed by atoms with Gasteiger partial charge in [0.1, 0.15) is 0 Å². The van der Waals surface area contributed by atoms with E-state index in [0.717, 1.165) is 27.5 Å². The van der Waals surface area contributed by atoms with Gasteiger partial charge in [-0.05, 0) is 28.0 Å². The van der Waals surface area contributed by atoms with Crippen LogP contribution in [0.25, 0.3) is 21.9 Å². The van der Waals surface area contributed by atoms with Gasteiger partial charge in [-0.15, -0.1) is 0 Å². The number of hydrogen-bond donors (Lipinski definition) is 1. The average molecular weight is 297 g/mol. The predicted molar refractivity (Wildman–Crippen MR) is 85.7 cm³/mol. The third-order valence-electron chi connectivity index (χ3n) is 3.52. The van der Waals surface area contributed by atoms with E-state index in [1.165, 1.54) is 0 Å². The van der Waals surface area contributed by atoms with Gasteiger partial charge in [-0.1, -0.05) is 66.2 Å². The molecule has 0 aliphatic carbocycles. The summed E-state index contributed by atoms with van der Waals surface area (Å²) in [6, 6.07) is 19.3. The minimum atomic E-state index is -0.828. The van der Waals surface area contributed by atoms with Crippen molar-refractivity contribution >= 4 is 28.3 Å². The highest BCUT2D eigenvalue weighted by Crippen LogP contribution is 2.34. The average Bonchev–Trinajstić information content (AvgIpc) is 2.47. The molecule has 2 nitrogen and oxygen atoms in total. The molecule has 0 saturated heterocycles. The molecule has 0 bridgehead atoms. The second-order valence-corrected chi connectivity index (χ2v) is 5.28. The fourth-order valence-electron chi connectivity index (χ4n) is 2.61. The van der Waals surface area contributed by atoms with E-state index in [2.05, 4.69) is 0 Å². The van der Waals surface area contributed by atoms with Gasteiger partial charge in [0.15, 0.2) is 0 Å². The quantitative estimate of drug-likeness (QED) is 0.754. The van der Waals surface area contributed by atoms with Crippen molar-refractivity contribution < 1.29 is 9.90 Å². The summed E-state index contributed by atoms with van der Waals surface area (Å²) in [5.41, 5.74) is 2.79. The highest BCUT2D eigenvalue weighted by Gasteiger charge is 2.10. The monoisotopic (exact) mass is 296 g/mol. The Labute approximate surface area is 127 Å². The van der Waals surface area contributed by atoms with E-state index >= 15 is 0 Å². The molecule has 3 heteroatoms. The summed E-state index contributed by atoms with van der Waals surface area (Å²) in [5.74, 6) is -0.828. The van der Waals surface area contributed by atoms with E-state index in [-0.39, 0.29) is 6.42 Å². The standard InChI is InChI=1S/C18H13ClO2/c19-17-10-2-1-6-16(17)15-9-4-7-13-12(11-18(20)21)5-3-8-14(13)15/h1-10H,11H2,(H,20,21). The fourth-order valence-corrected chi connectivity index (χ4v) is 2.84. The van der Waals surface area contributed by atoms with Crippen molar-refractivity contribution in [3.63, 3.8) is 0 Å². The zero-order valence-electron chi connectivity index (χ0n) is 11.2. The third kappa shape index (κ3) is 2.63. The number of carboxylic acids is 1. The predicted octanol–water partition coefficient (Wildman–Crippen LogP) is 4.79. The number of fused-ring (bicyclic) bond motifs is 1. The van der Waals surface area contributed by atoms with Crippen molar-refractivity contribution in [1.82, 2.24) is 0 Å². The molecule has 0 spiro atoms. The Morgan fingerprint density at radius 2 is 1.52 bits per heavy atom. The van der Waals surface area contributed by atoms with Crippen LogP contribution < -0.4 is 0 Å². The molecule has 0 radical (unpaired) electrons. The minimum absolute atomic E-state index is 0.0172. The SMILES string of the molecule is O=C(O)Cc1cccc2c(-c3ccccc3Cl)cccc12. The molecule has 0 saturated carbocycles. The Hall–Kier alpha value is -2.32. The number of carbonyl (C=O) groups is 1. The zero-order valence-corrected chi connectivity index (χ0v) is 12.0. The molecule has 0 aliphatic heterocycles. The largest absolute Gasteiger partial charge is 0.481 e. The molecule has 0 unspecified atom stereocenters. The molecule has 0 heterocycles. The lowest BCUT2D eigenvalue weighted by atomic mass is 9.94. The molecule has 3 rings (SSSR count). The lowest BCUT2D eigenvalue weighted by Crippen LogP contribution is -2.00. The van der Waals surface area contributed by atoms with Gasteiger partial charge in [-0.25, -0.2) is 0 Å². The Morgan fingerprint density at radius 1 is 0.857 bits per heavy atom. The van der Waals surface area contributed by atoms with Gasteiger partial charge in [0.2, 0.25) is 0 Å². The van der Waals surface area contributed by atoms with Crippen molar-refractivity contribution in [3.05, 3.63) is 71.2 Å². The van der Waals surface area contributed by atoms with Crippen LogP contribution in [0.15, 0.2) is 60.7 Å². The first-order chi connectivity index (χ1) is 10.2. The molecular weight excluding hydrogens is 284 g/mol. The van der Waals surface area contributed by atoms with E-state index in [0.29, 0.717) is 5.02 Å². The second kappa shape index (κ2) is 5.58. The lowest BCUT2D eigenvalue weighted by Gasteiger charge is -2.11. The first kappa shape index (κ1) is 13.7. The van der Waals surface area contributed by atoms with Crippen LogP contribution in [0, 0.1) is 0 Å². The number of rotatable bonds is 3. The molecule has 0 atom stereocenters. The van der Waals surface area contributed by atoms with Crippen molar-refractivity contribution in [2.45, 2.75) is 6.42 Å². The van der Waals surface area contributed by atoms with Crippen LogP contribution in [-0.2, 0) is 11.2 Å². The minimum Gasteiger partial charge on any atom is -0.481 e. The van der Waals surface area contributed by atoms with Gasteiger partial charge in [0, 0.05) is 10.6 Å². The number of benzene rings is 3. The molecule has 1 N–H and O–H groups in total. The fraction of sp³-hybridized carbons (Fsp3) is 0.0556. The van der Waals surface area contributed by atoms with E-state index < -0.39 is 5.97 Å². The molecule has 0 aromatic heterocycles. The van der Waals surface area contributed by atoms with Gasteiger partial charge < -0.3 is 5.11 Å². The Morgan fingerprint density at radius 3 is 2.29 bits per heavy atom. The molecular formula is C18H13ClO2. The van der Waals surface area contributed by atoms with Crippen molar-refractivity contribution in [2.24, 2.45) is 0 Å². The molecule has 0 aliphatic rings. The van der Waals surface area contributed by atoms with Crippen LogP contribution in [0.3, 0.4) is 0 Å². The Kier molecular flexibility index (Phi) is 3.63. The maximum Gasteiger partial charge on any atom is 0.307 e. The van der Waals surface area contributed by atoms with Crippen LogP contribution in [0.4, 0.5) is 0 Å². The van der Waals surface area contributed by atoms with Gasteiger partial charge in [-0.2, -0.15) is 0 Å². The molecule has 0 amide bonds. The van der Waals surface area contributed by atoms with Crippen molar-refractivity contribution in [3.8, 4) is 11.1 Å². The number of halogens is 1. The number of hydrogen-bond acceptors (Lipinski definition) is 1. The highest BCUT2D eigenvalue weighted by molar-refractivity contribution is 6.33. The Balaban J connectivity index is 2.26. The summed E-state index contributed by atoms with van der Waals surface area (Å²) in [6.07, 6.45) is 0.0172. The van der Waals surface area contributed by atoms with Crippen molar-refractivity contribution in [1.29, 1.82) is 0 Å². The maximum absolute atomic E-state index is 11.0. The van der Waals surface area contributed by atoms with E-state index in [4.69, 9.17) is 16.7 Å². The summed E-state index contributed by atoms with van der Waals surface area (Å²) in [5, 5.41) is 11.7. The third-order valence-corrected chi connectivity index (χ3v) is 3.85. The van der Waals surface area contributed by atoms with E-state index in [9.17, 15) is 4.79 Å². The van der Waals surface area contributed by atoms with Gasteiger partial charge in [0.05, 0.1) is 6.42 Å². The number of aliphatic carboxylic acids is 1. The summed E-state index contributed by atoms with van der Waals surface area (Å²) in [6.45, 7) is 0. The first-order valence-electron chi connectivity index (χ1n) is 6.64. The van der Waals surface area contributed by atoms with Crippen LogP contribution >= 0.6 is 11.6 Å². The van der Waals surface area contributed by atoms with E-state index in [1.807, 2.05) is 60.7 Å².